The molecule has 0 saturated carbocycles. The Balaban J connectivity index is 2.36. The Morgan fingerprint density at radius 3 is 2.47 bits per heavy atom. The molecule has 0 heterocycles. The Morgan fingerprint density at radius 2 is 1.84 bits per heavy atom. The van der Waals surface area contributed by atoms with Crippen LogP contribution in [0, 0.1) is 5.82 Å². The second-order valence-corrected chi connectivity index (χ2v) is 5.20. The van der Waals surface area contributed by atoms with Gasteiger partial charge in [0.05, 0.1) is 0 Å². The average Bonchev–Trinajstić information content (AvgIpc) is 2.44. The van der Waals surface area contributed by atoms with Gasteiger partial charge in [-0.1, -0.05) is 48.9 Å². The van der Waals surface area contributed by atoms with Gasteiger partial charge in [0, 0.05) is 10.6 Å². The van der Waals surface area contributed by atoms with E-state index in [0.717, 1.165) is 17.5 Å². The highest BCUT2D eigenvalue weighted by Crippen LogP contribution is 2.29. The third kappa shape index (κ3) is 3.14. The lowest BCUT2D eigenvalue weighted by Crippen LogP contribution is -2.38. The zero-order valence-electron chi connectivity index (χ0n) is 10.9. The molecule has 2 rings (SSSR count). The smallest absolute Gasteiger partial charge is 0.123 e. The van der Waals surface area contributed by atoms with Crippen LogP contribution >= 0.6 is 11.6 Å². The zero-order chi connectivity index (χ0) is 13.9. The minimum absolute atomic E-state index is 0.286. The summed E-state index contributed by atoms with van der Waals surface area (Å²) in [6.07, 6.45) is 1.27. The largest absolute Gasteiger partial charge is 0.321 e. The summed E-state index contributed by atoms with van der Waals surface area (Å²) in [6, 6.07) is 14.3. The number of rotatable bonds is 4. The molecule has 0 spiro atoms. The molecular weight excluding hydrogens is 261 g/mol. The molecule has 0 bridgehead atoms. The Labute approximate surface area is 118 Å². The number of hydrogen-bond acceptors (Lipinski definition) is 1. The maximum Gasteiger partial charge on any atom is 0.123 e. The molecule has 19 heavy (non-hydrogen) atoms. The molecule has 2 aromatic rings. The van der Waals surface area contributed by atoms with E-state index in [4.69, 9.17) is 17.3 Å². The van der Waals surface area contributed by atoms with Crippen molar-refractivity contribution in [3.05, 3.63) is 70.5 Å². The normalized spacial score (nSPS) is 14.1. The highest BCUT2D eigenvalue weighted by atomic mass is 35.5. The van der Waals surface area contributed by atoms with Crippen LogP contribution in [0.3, 0.4) is 0 Å². The van der Waals surface area contributed by atoms with Gasteiger partial charge >= 0.3 is 0 Å². The summed E-state index contributed by atoms with van der Waals surface area (Å²) < 4.78 is 13.3. The highest BCUT2D eigenvalue weighted by molar-refractivity contribution is 6.31. The standard InChI is InChI=1S/C16H17ClFN/c1-2-16(19,13-6-4-3-5-7-13)11-12-10-14(18)8-9-15(12)17/h3-10H,2,11,19H2,1H3. The lowest BCUT2D eigenvalue weighted by molar-refractivity contribution is 0.424. The molecule has 0 aromatic heterocycles. The van der Waals surface area contributed by atoms with Crippen molar-refractivity contribution >= 4 is 11.6 Å². The maximum atomic E-state index is 13.3. The van der Waals surface area contributed by atoms with Crippen LogP contribution in [0.25, 0.3) is 0 Å². The van der Waals surface area contributed by atoms with E-state index < -0.39 is 5.54 Å². The summed E-state index contributed by atoms with van der Waals surface area (Å²) >= 11 is 6.12. The van der Waals surface area contributed by atoms with E-state index in [-0.39, 0.29) is 5.82 Å². The molecule has 2 aromatic carbocycles. The number of halogens is 2. The average molecular weight is 278 g/mol. The molecule has 0 aliphatic heterocycles. The lowest BCUT2D eigenvalue weighted by atomic mass is 9.82. The van der Waals surface area contributed by atoms with Crippen molar-refractivity contribution < 1.29 is 4.39 Å². The summed E-state index contributed by atoms with van der Waals surface area (Å²) in [5, 5.41) is 0.556. The van der Waals surface area contributed by atoms with Gasteiger partial charge in [-0.15, -0.1) is 0 Å². The van der Waals surface area contributed by atoms with E-state index in [9.17, 15) is 4.39 Å². The molecular formula is C16H17ClFN. The summed E-state index contributed by atoms with van der Waals surface area (Å²) in [5.74, 6) is -0.286. The summed E-state index contributed by atoms with van der Waals surface area (Å²) in [5.41, 5.74) is 7.74. The van der Waals surface area contributed by atoms with Crippen molar-refractivity contribution in [3.63, 3.8) is 0 Å². The third-order valence-electron chi connectivity index (χ3n) is 3.49. The van der Waals surface area contributed by atoms with Crippen molar-refractivity contribution in [1.29, 1.82) is 0 Å². The third-order valence-corrected chi connectivity index (χ3v) is 3.86. The Morgan fingerprint density at radius 1 is 1.16 bits per heavy atom. The van der Waals surface area contributed by atoms with Crippen molar-refractivity contribution in [1.82, 2.24) is 0 Å². The van der Waals surface area contributed by atoms with E-state index in [1.54, 1.807) is 6.07 Å². The van der Waals surface area contributed by atoms with E-state index in [1.165, 1.54) is 12.1 Å². The number of nitrogens with two attached hydrogens (primary N) is 1. The summed E-state index contributed by atoms with van der Waals surface area (Å²) in [4.78, 5) is 0. The van der Waals surface area contributed by atoms with Crippen LogP contribution in [0.4, 0.5) is 4.39 Å². The van der Waals surface area contributed by atoms with Crippen molar-refractivity contribution in [2.45, 2.75) is 25.3 Å². The van der Waals surface area contributed by atoms with Crippen LogP contribution in [0.15, 0.2) is 48.5 Å². The Hall–Kier alpha value is -1.38. The van der Waals surface area contributed by atoms with Crippen LogP contribution in [0.2, 0.25) is 5.02 Å². The van der Waals surface area contributed by atoms with E-state index >= 15 is 0 Å². The van der Waals surface area contributed by atoms with Gasteiger partial charge in [-0.2, -0.15) is 0 Å². The molecule has 3 heteroatoms. The monoisotopic (exact) mass is 277 g/mol. The molecule has 100 valence electrons. The van der Waals surface area contributed by atoms with Gasteiger partial charge in [0.25, 0.3) is 0 Å². The fourth-order valence-corrected chi connectivity index (χ4v) is 2.40. The van der Waals surface area contributed by atoms with Crippen LogP contribution < -0.4 is 5.73 Å². The Bertz CT molecular complexity index is 556. The predicted molar refractivity (Wildman–Crippen MR) is 77.7 cm³/mol. The molecule has 0 aliphatic carbocycles. The van der Waals surface area contributed by atoms with E-state index in [2.05, 4.69) is 0 Å². The molecule has 0 aliphatic rings. The quantitative estimate of drug-likeness (QED) is 0.887. The van der Waals surface area contributed by atoms with E-state index in [0.29, 0.717) is 11.4 Å². The first-order valence-electron chi connectivity index (χ1n) is 6.33. The van der Waals surface area contributed by atoms with Crippen molar-refractivity contribution in [3.8, 4) is 0 Å². The Kier molecular flexibility index (Phi) is 4.23. The van der Waals surface area contributed by atoms with Crippen LogP contribution in [-0.4, -0.2) is 0 Å². The minimum atomic E-state index is -0.529. The molecule has 0 amide bonds. The number of hydrogen-bond donors (Lipinski definition) is 1. The molecule has 0 radical (unpaired) electrons. The number of benzene rings is 2. The van der Waals surface area contributed by atoms with Gasteiger partial charge < -0.3 is 5.73 Å². The molecule has 1 atom stereocenters. The summed E-state index contributed by atoms with van der Waals surface area (Å²) in [7, 11) is 0. The van der Waals surface area contributed by atoms with Crippen molar-refractivity contribution in [2.75, 3.05) is 0 Å². The second-order valence-electron chi connectivity index (χ2n) is 4.79. The fraction of sp³-hybridized carbons (Fsp3) is 0.250. The minimum Gasteiger partial charge on any atom is -0.321 e. The second kappa shape index (κ2) is 5.72. The van der Waals surface area contributed by atoms with Crippen LogP contribution in [0.1, 0.15) is 24.5 Å². The first-order valence-corrected chi connectivity index (χ1v) is 6.71. The first-order chi connectivity index (χ1) is 9.05. The SMILES string of the molecule is CCC(N)(Cc1cc(F)ccc1Cl)c1ccccc1. The van der Waals surface area contributed by atoms with Gasteiger partial charge in [0.15, 0.2) is 0 Å². The predicted octanol–water partition coefficient (Wildman–Crippen LogP) is 4.29. The van der Waals surface area contributed by atoms with Crippen LogP contribution in [-0.2, 0) is 12.0 Å². The highest BCUT2D eigenvalue weighted by Gasteiger charge is 2.26. The molecule has 0 fully saturated rings. The van der Waals surface area contributed by atoms with Gasteiger partial charge in [-0.05, 0) is 42.2 Å². The molecule has 1 unspecified atom stereocenters. The topological polar surface area (TPSA) is 26.0 Å². The van der Waals surface area contributed by atoms with Gasteiger partial charge in [0.1, 0.15) is 5.82 Å². The van der Waals surface area contributed by atoms with Gasteiger partial charge in [-0.25, -0.2) is 4.39 Å². The van der Waals surface area contributed by atoms with Crippen LogP contribution in [0.5, 0.6) is 0 Å². The molecule has 2 N–H and O–H groups in total. The molecule has 0 saturated heterocycles. The van der Waals surface area contributed by atoms with E-state index in [1.807, 2.05) is 37.3 Å². The maximum absolute atomic E-state index is 13.3. The molecule has 1 nitrogen and oxygen atoms in total. The zero-order valence-corrected chi connectivity index (χ0v) is 11.6. The van der Waals surface area contributed by atoms with Crippen molar-refractivity contribution in [2.24, 2.45) is 5.73 Å². The summed E-state index contributed by atoms with van der Waals surface area (Å²) in [6.45, 7) is 2.03. The van der Waals surface area contributed by atoms with Gasteiger partial charge in [0.2, 0.25) is 0 Å². The van der Waals surface area contributed by atoms with Gasteiger partial charge in [-0.3, -0.25) is 0 Å². The lowest BCUT2D eigenvalue weighted by Gasteiger charge is -2.29. The fourth-order valence-electron chi connectivity index (χ4n) is 2.22. The first kappa shape index (κ1) is 14.0.